The Bertz CT molecular complexity index is 1720. The highest BCUT2D eigenvalue weighted by molar-refractivity contribution is 5.96. The highest BCUT2D eigenvalue weighted by Crippen LogP contribution is 2.34. The molecule has 2 saturated heterocycles. The summed E-state index contributed by atoms with van der Waals surface area (Å²) >= 11 is 0. The van der Waals surface area contributed by atoms with E-state index in [0.717, 1.165) is 67.1 Å². The molecule has 0 aliphatic carbocycles. The first-order valence-corrected chi connectivity index (χ1v) is 15.3. The molecule has 0 unspecified atom stereocenters. The summed E-state index contributed by atoms with van der Waals surface area (Å²) < 4.78 is 30.2. The number of nitrogens with zero attached hydrogens (tertiary/aromatic N) is 4. The van der Waals surface area contributed by atoms with Gasteiger partial charge in [0.25, 0.3) is 0 Å². The van der Waals surface area contributed by atoms with Crippen LogP contribution in [-0.4, -0.2) is 67.6 Å². The van der Waals surface area contributed by atoms with Gasteiger partial charge in [0, 0.05) is 12.2 Å². The predicted octanol–water partition coefficient (Wildman–Crippen LogP) is 5.46. The van der Waals surface area contributed by atoms with Gasteiger partial charge >= 0.3 is 5.97 Å². The molecule has 2 fully saturated rings. The number of hydrogen-bond donors (Lipinski definition) is 0. The lowest BCUT2D eigenvalue weighted by Crippen LogP contribution is -2.35. The van der Waals surface area contributed by atoms with E-state index in [0.29, 0.717) is 48.2 Å². The SMILES string of the molecule is COC(=O)c1cc(OC)c2nc(CN3CCC(c4cccc(OCc5ccc(C#N)cc5OC)c4)CC3)n(C[C@@H]3CCO3)c2c1. The minimum atomic E-state index is -0.407. The van der Waals surface area contributed by atoms with E-state index in [1.165, 1.54) is 12.7 Å². The number of rotatable bonds is 11. The highest BCUT2D eigenvalue weighted by atomic mass is 16.5. The summed E-state index contributed by atoms with van der Waals surface area (Å²) in [5.74, 6) is 2.98. The van der Waals surface area contributed by atoms with E-state index in [4.69, 9.17) is 28.7 Å². The van der Waals surface area contributed by atoms with Crippen molar-refractivity contribution in [2.75, 3.05) is 41.0 Å². The summed E-state index contributed by atoms with van der Waals surface area (Å²) in [6.45, 7) is 4.37. The molecule has 6 rings (SSSR count). The smallest absolute Gasteiger partial charge is 0.338 e. The zero-order chi connectivity index (χ0) is 31.3. The molecule has 3 heterocycles. The fourth-order valence-electron chi connectivity index (χ4n) is 6.16. The second kappa shape index (κ2) is 13.6. The Morgan fingerprint density at radius 3 is 2.51 bits per heavy atom. The van der Waals surface area contributed by atoms with Crippen molar-refractivity contribution >= 4 is 17.0 Å². The Morgan fingerprint density at radius 1 is 1.02 bits per heavy atom. The van der Waals surface area contributed by atoms with Crippen LogP contribution in [0.2, 0.25) is 0 Å². The molecule has 234 valence electrons. The molecular weight excluding hydrogens is 572 g/mol. The molecule has 2 aliphatic rings. The van der Waals surface area contributed by atoms with Gasteiger partial charge in [-0.25, -0.2) is 9.78 Å². The van der Waals surface area contributed by atoms with Gasteiger partial charge in [-0.3, -0.25) is 4.90 Å². The summed E-state index contributed by atoms with van der Waals surface area (Å²) in [7, 11) is 4.58. The standard InChI is InChI=1S/C35H38N4O6/c1-41-31-15-23(19-36)7-8-26(31)22-45-28-6-4-5-25(16-28)24-9-12-38(13-10-24)21-33-37-34-30(39(33)20-29-11-14-44-29)17-27(35(40)43-3)18-32(34)42-2/h4-8,15-18,24,29H,9-14,20-22H2,1-3H3/t29-/m0/s1. The fourth-order valence-corrected chi connectivity index (χ4v) is 6.16. The van der Waals surface area contributed by atoms with Gasteiger partial charge in [0.1, 0.15) is 35.2 Å². The number of carbonyl (C=O) groups excluding carboxylic acids is 1. The molecule has 2 aliphatic heterocycles. The third-order valence-corrected chi connectivity index (χ3v) is 8.81. The average Bonchev–Trinajstić information content (AvgIpc) is 3.41. The summed E-state index contributed by atoms with van der Waals surface area (Å²) in [6, 6.07) is 19.4. The summed E-state index contributed by atoms with van der Waals surface area (Å²) in [6.07, 6.45) is 3.18. The van der Waals surface area contributed by atoms with Crippen LogP contribution in [0.15, 0.2) is 54.6 Å². The topological polar surface area (TPSA) is 108 Å². The quantitative estimate of drug-likeness (QED) is 0.205. The number of hydrogen-bond acceptors (Lipinski definition) is 9. The van der Waals surface area contributed by atoms with Gasteiger partial charge in [0.15, 0.2) is 0 Å². The highest BCUT2D eigenvalue weighted by Gasteiger charge is 2.27. The number of fused-ring (bicyclic) bond motifs is 1. The lowest BCUT2D eigenvalue weighted by molar-refractivity contribution is -0.0592. The third-order valence-electron chi connectivity index (χ3n) is 8.81. The van der Waals surface area contributed by atoms with Crippen molar-refractivity contribution in [3.63, 3.8) is 0 Å². The number of esters is 1. The monoisotopic (exact) mass is 610 g/mol. The van der Waals surface area contributed by atoms with E-state index < -0.39 is 5.97 Å². The Kier molecular flexibility index (Phi) is 9.19. The summed E-state index contributed by atoms with van der Waals surface area (Å²) in [4.78, 5) is 19.9. The van der Waals surface area contributed by atoms with Crippen LogP contribution in [0.3, 0.4) is 0 Å². The van der Waals surface area contributed by atoms with Crippen LogP contribution in [0.5, 0.6) is 17.2 Å². The second-order valence-electron chi connectivity index (χ2n) is 11.5. The predicted molar refractivity (Wildman–Crippen MR) is 168 cm³/mol. The summed E-state index contributed by atoms with van der Waals surface area (Å²) in [5.41, 5.74) is 4.75. The Hall–Kier alpha value is -4.59. The maximum absolute atomic E-state index is 12.4. The van der Waals surface area contributed by atoms with E-state index in [1.54, 1.807) is 32.4 Å². The number of imidazole rings is 1. The molecule has 0 amide bonds. The largest absolute Gasteiger partial charge is 0.496 e. The van der Waals surface area contributed by atoms with Crippen molar-refractivity contribution in [1.82, 2.24) is 14.5 Å². The number of methoxy groups -OCH3 is 3. The molecule has 0 spiro atoms. The van der Waals surface area contributed by atoms with Crippen molar-refractivity contribution < 1.29 is 28.5 Å². The number of carbonyl (C=O) groups is 1. The van der Waals surface area contributed by atoms with Gasteiger partial charge in [-0.05, 0) is 80.2 Å². The van der Waals surface area contributed by atoms with Crippen LogP contribution in [-0.2, 0) is 29.2 Å². The molecule has 1 aromatic heterocycles. The van der Waals surface area contributed by atoms with E-state index in [-0.39, 0.29) is 6.10 Å². The van der Waals surface area contributed by atoms with Crippen LogP contribution >= 0.6 is 0 Å². The molecule has 0 saturated carbocycles. The molecule has 0 bridgehead atoms. The van der Waals surface area contributed by atoms with E-state index >= 15 is 0 Å². The normalized spacial score (nSPS) is 17.0. The molecule has 4 aromatic rings. The molecular formula is C35H38N4O6. The van der Waals surface area contributed by atoms with Crippen molar-refractivity contribution in [3.05, 3.63) is 82.7 Å². The van der Waals surface area contributed by atoms with Gasteiger partial charge in [-0.15, -0.1) is 0 Å². The fraction of sp³-hybridized carbons (Fsp3) is 0.400. The van der Waals surface area contributed by atoms with Gasteiger partial charge in [-0.1, -0.05) is 18.2 Å². The van der Waals surface area contributed by atoms with Gasteiger partial charge in [0.2, 0.25) is 0 Å². The number of ether oxygens (including phenoxy) is 5. The van der Waals surface area contributed by atoms with Crippen molar-refractivity contribution in [2.24, 2.45) is 0 Å². The van der Waals surface area contributed by atoms with Gasteiger partial charge in [-0.2, -0.15) is 5.26 Å². The number of likely N-dealkylation sites (tertiary alicyclic amines) is 1. The molecule has 10 heteroatoms. The van der Waals surface area contributed by atoms with Crippen molar-refractivity contribution in [2.45, 2.75) is 51.0 Å². The maximum atomic E-state index is 12.4. The number of benzene rings is 3. The molecule has 10 nitrogen and oxygen atoms in total. The summed E-state index contributed by atoms with van der Waals surface area (Å²) in [5, 5.41) is 9.17. The Morgan fingerprint density at radius 2 is 1.82 bits per heavy atom. The minimum absolute atomic E-state index is 0.132. The van der Waals surface area contributed by atoms with Crippen LogP contribution < -0.4 is 14.2 Å². The number of nitriles is 1. The third kappa shape index (κ3) is 6.60. The molecule has 3 aromatic carbocycles. The average molecular weight is 611 g/mol. The first-order chi connectivity index (χ1) is 22.0. The van der Waals surface area contributed by atoms with Crippen LogP contribution in [0.4, 0.5) is 0 Å². The molecule has 0 radical (unpaired) electrons. The van der Waals surface area contributed by atoms with Crippen molar-refractivity contribution in [3.8, 4) is 23.3 Å². The molecule has 45 heavy (non-hydrogen) atoms. The van der Waals surface area contributed by atoms with E-state index in [1.807, 2.05) is 24.3 Å². The van der Waals surface area contributed by atoms with E-state index in [9.17, 15) is 10.1 Å². The van der Waals surface area contributed by atoms with Gasteiger partial charge < -0.3 is 28.3 Å². The Balaban J connectivity index is 1.14. The van der Waals surface area contributed by atoms with E-state index in [2.05, 4.69) is 27.7 Å². The minimum Gasteiger partial charge on any atom is -0.496 e. The zero-order valence-corrected chi connectivity index (χ0v) is 26.0. The second-order valence-corrected chi connectivity index (χ2v) is 11.5. The van der Waals surface area contributed by atoms with Crippen molar-refractivity contribution in [1.29, 1.82) is 5.26 Å². The number of aromatic nitrogens is 2. The first kappa shape index (κ1) is 30.4. The lowest BCUT2D eigenvalue weighted by Gasteiger charge is -2.33. The molecule has 0 N–H and O–H groups in total. The van der Waals surface area contributed by atoms with Crippen LogP contribution in [0.1, 0.15) is 58.1 Å². The number of piperidine rings is 1. The van der Waals surface area contributed by atoms with Gasteiger partial charge in [0.05, 0.1) is 63.2 Å². The Labute approximate surface area is 263 Å². The van der Waals surface area contributed by atoms with Crippen LogP contribution in [0, 0.1) is 11.3 Å². The lowest BCUT2D eigenvalue weighted by atomic mass is 9.89. The maximum Gasteiger partial charge on any atom is 0.338 e. The zero-order valence-electron chi connectivity index (χ0n) is 26.0. The van der Waals surface area contributed by atoms with Crippen LogP contribution in [0.25, 0.3) is 11.0 Å². The first-order valence-electron chi connectivity index (χ1n) is 15.3. The molecule has 1 atom stereocenters.